The highest BCUT2D eigenvalue weighted by Gasteiger charge is 2.49. The lowest BCUT2D eigenvalue weighted by atomic mass is 9.85. The second-order valence-corrected chi connectivity index (χ2v) is 7.38. The average Bonchev–Trinajstić information content (AvgIpc) is 2.91. The van der Waals surface area contributed by atoms with Crippen LogP contribution in [0.5, 0.6) is 5.88 Å². The fraction of sp³-hybridized carbons (Fsp3) is 0.600. The standard InChI is InChI=1S/C15H19N5O2S/c1-10-6-16-7-13(17-10)22-12-3-4-21-15(5-12)8-20(9-15)14-19-18-11(2)23-14/h6-7,12H,3-5,8-9H2,1-2H3/t12-/m1/s1. The van der Waals surface area contributed by atoms with Gasteiger partial charge in [0, 0.05) is 19.0 Å². The molecule has 2 saturated heterocycles. The van der Waals surface area contributed by atoms with Gasteiger partial charge in [0.1, 0.15) is 16.7 Å². The molecule has 8 heteroatoms. The Labute approximate surface area is 138 Å². The van der Waals surface area contributed by atoms with E-state index in [1.165, 1.54) is 0 Å². The maximum Gasteiger partial charge on any atom is 0.232 e. The minimum atomic E-state index is -0.125. The van der Waals surface area contributed by atoms with E-state index in [9.17, 15) is 0 Å². The molecule has 1 atom stereocenters. The van der Waals surface area contributed by atoms with Crippen molar-refractivity contribution in [3.8, 4) is 5.88 Å². The highest BCUT2D eigenvalue weighted by Crippen LogP contribution is 2.38. The molecule has 2 aromatic heterocycles. The minimum Gasteiger partial charge on any atom is -0.473 e. The van der Waals surface area contributed by atoms with Crippen molar-refractivity contribution in [2.75, 3.05) is 24.6 Å². The summed E-state index contributed by atoms with van der Waals surface area (Å²) in [6, 6.07) is 0. The summed E-state index contributed by atoms with van der Waals surface area (Å²) >= 11 is 1.62. The summed E-state index contributed by atoms with van der Waals surface area (Å²) < 4.78 is 12.1. The van der Waals surface area contributed by atoms with Crippen LogP contribution in [0.1, 0.15) is 23.5 Å². The Hall–Kier alpha value is -1.80. The summed E-state index contributed by atoms with van der Waals surface area (Å²) in [5, 5.41) is 10.2. The average molecular weight is 333 g/mol. The van der Waals surface area contributed by atoms with Gasteiger partial charge in [-0.1, -0.05) is 11.3 Å². The molecule has 4 rings (SSSR count). The highest BCUT2D eigenvalue weighted by atomic mass is 32.1. The van der Waals surface area contributed by atoms with E-state index >= 15 is 0 Å². The molecule has 2 aromatic rings. The Morgan fingerprint density at radius 1 is 1.30 bits per heavy atom. The number of hydrogen-bond acceptors (Lipinski definition) is 8. The smallest absolute Gasteiger partial charge is 0.232 e. The summed E-state index contributed by atoms with van der Waals surface area (Å²) in [5.41, 5.74) is 0.741. The van der Waals surface area contributed by atoms with E-state index in [4.69, 9.17) is 9.47 Å². The van der Waals surface area contributed by atoms with E-state index in [2.05, 4.69) is 25.1 Å². The Morgan fingerprint density at radius 2 is 2.17 bits per heavy atom. The van der Waals surface area contributed by atoms with Crippen molar-refractivity contribution < 1.29 is 9.47 Å². The number of nitrogens with zero attached hydrogens (tertiary/aromatic N) is 5. The molecule has 0 unspecified atom stereocenters. The van der Waals surface area contributed by atoms with E-state index in [0.717, 1.165) is 41.8 Å². The third-order valence-electron chi connectivity index (χ3n) is 4.21. The maximum absolute atomic E-state index is 6.05. The van der Waals surface area contributed by atoms with E-state index in [1.807, 2.05) is 13.8 Å². The van der Waals surface area contributed by atoms with Crippen molar-refractivity contribution in [2.45, 2.75) is 38.4 Å². The number of aryl methyl sites for hydroxylation is 2. The Bertz CT molecular complexity index is 701. The van der Waals surface area contributed by atoms with Gasteiger partial charge in [-0.25, -0.2) is 4.98 Å². The van der Waals surface area contributed by atoms with E-state index in [-0.39, 0.29) is 11.7 Å². The number of anilines is 1. The van der Waals surface area contributed by atoms with Crippen LogP contribution in [0.25, 0.3) is 0 Å². The summed E-state index contributed by atoms with van der Waals surface area (Å²) in [6.07, 6.45) is 5.28. The van der Waals surface area contributed by atoms with Gasteiger partial charge in [-0.15, -0.1) is 10.2 Å². The van der Waals surface area contributed by atoms with Crippen molar-refractivity contribution in [3.05, 3.63) is 23.1 Å². The van der Waals surface area contributed by atoms with E-state index < -0.39 is 0 Å². The fourth-order valence-corrected chi connectivity index (χ4v) is 3.86. The largest absolute Gasteiger partial charge is 0.473 e. The zero-order chi connectivity index (χ0) is 15.9. The number of ether oxygens (including phenoxy) is 2. The molecular weight excluding hydrogens is 314 g/mol. The Balaban J connectivity index is 1.38. The van der Waals surface area contributed by atoms with Gasteiger partial charge in [-0.3, -0.25) is 4.98 Å². The molecule has 23 heavy (non-hydrogen) atoms. The van der Waals surface area contributed by atoms with Gasteiger partial charge in [0.2, 0.25) is 11.0 Å². The molecule has 0 aromatic carbocycles. The monoisotopic (exact) mass is 333 g/mol. The molecule has 1 spiro atoms. The molecule has 2 fully saturated rings. The zero-order valence-electron chi connectivity index (χ0n) is 13.2. The van der Waals surface area contributed by atoms with E-state index in [1.54, 1.807) is 23.7 Å². The van der Waals surface area contributed by atoms with Crippen LogP contribution in [0.3, 0.4) is 0 Å². The van der Waals surface area contributed by atoms with Gasteiger partial charge in [0.15, 0.2) is 0 Å². The topological polar surface area (TPSA) is 73.3 Å². The second-order valence-electron chi connectivity index (χ2n) is 6.22. The number of aromatic nitrogens is 4. The predicted octanol–water partition coefficient (Wildman–Crippen LogP) is 1.76. The molecule has 2 aliphatic heterocycles. The summed E-state index contributed by atoms with van der Waals surface area (Å²) in [7, 11) is 0. The van der Waals surface area contributed by atoms with Crippen molar-refractivity contribution in [3.63, 3.8) is 0 Å². The first kappa shape index (κ1) is 14.8. The van der Waals surface area contributed by atoms with Crippen LogP contribution in [0.15, 0.2) is 12.4 Å². The quantitative estimate of drug-likeness (QED) is 0.847. The molecule has 0 N–H and O–H groups in total. The molecule has 4 heterocycles. The molecule has 0 amide bonds. The highest BCUT2D eigenvalue weighted by molar-refractivity contribution is 7.15. The summed E-state index contributed by atoms with van der Waals surface area (Å²) in [4.78, 5) is 10.7. The first-order valence-electron chi connectivity index (χ1n) is 7.76. The van der Waals surface area contributed by atoms with Crippen LogP contribution in [0.2, 0.25) is 0 Å². The van der Waals surface area contributed by atoms with Crippen LogP contribution >= 0.6 is 11.3 Å². The first-order chi connectivity index (χ1) is 11.1. The van der Waals surface area contributed by atoms with Crippen molar-refractivity contribution in [1.29, 1.82) is 0 Å². The third-order valence-corrected chi connectivity index (χ3v) is 5.11. The Kier molecular flexibility index (Phi) is 3.65. The Morgan fingerprint density at radius 3 is 2.91 bits per heavy atom. The molecule has 122 valence electrons. The van der Waals surface area contributed by atoms with Crippen molar-refractivity contribution in [2.24, 2.45) is 0 Å². The van der Waals surface area contributed by atoms with Crippen LogP contribution in [0, 0.1) is 13.8 Å². The zero-order valence-corrected chi connectivity index (χ0v) is 14.0. The van der Waals surface area contributed by atoms with Crippen molar-refractivity contribution >= 4 is 16.5 Å². The lowest BCUT2D eigenvalue weighted by Gasteiger charge is -2.52. The third kappa shape index (κ3) is 3.00. The minimum absolute atomic E-state index is 0.123. The van der Waals surface area contributed by atoms with Crippen LogP contribution in [-0.4, -0.2) is 51.6 Å². The van der Waals surface area contributed by atoms with Gasteiger partial charge >= 0.3 is 0 Å². The van der Waals surface area contributed by atoms with Gasteiger partial charge in [0.05, 0.1) is 31.6 Å². The molecule has 0 radical (unpaired) electrons. The molecule has 0 aliphatic carbocycles. The van der Waals surface area contributed by atoms with Gasteiger partial charge in [-0.05, 0) is 13.8 Å². The fourth-order valence-electron chi connectivity index (χ4n) is 3.17. The van der Waals surface area contributed by atoms with Crippen LogP contribution < -0.4 is 9.64 Å². The van der Waals surface area contributed by atoms with Crippen molar-refractivity contribution in [1.82, 2.24) is 20.2 Å². The van der Waals surface area contributed by atoms with Gasteiger partial charge in [0.25, 0.3) is 0 Å². The SMILES string of the molecule is Cc1cncc(O[C@@H]2CCOC3(C2)CN(c2nnc(C)s2)C3)n1. The predicted molar refractivity (Wildman–Crippen MR) is 86.0 cm³/mol. The second kappa shape index (κ2) is 5.68. The molecule has 0 saturated carbocycles. The first-order valence-corrected chi connectivity index (χ1v) is 8.58. The van der Waals surface area contributed by atoms with Crippen LogP contribution in [0.4, 0.5) is 5.13 Å². The lowest BCUT2D eigenvalue weighted by molar-refractivity contribution is -0.126. The van der Waals surface area contributed by atoms with E-state index in [0.29, 0.717) is 12.5 Å². The van der Waals surface area contributed by atoms with Crippen LogP contribution in [-0.2, 0) is 4.74 Å². The van der Waals surface area contributed by atoms with Gasteiger partial charge < -0.3 is 14.4 Å². The summed E-state index contributed by atoms with van der Waals surface area (Å²) in [5.74, 6) is 0.600. The van der Waals surface area contributed by atoms with Gasteiger partial charge in [-0.2, -0.15) is 0 Å². The molecular formula is C15H19N5O2S. The maximum atomic E-state index is 6.05. The lowest BCUT2D eigenvalue weighted by Crippen LogP contribution is -2.66. The molecule has 7 nitrogen and oxygen atoms in total. The number of rotatable bonds is 3. The molecule has 2 aliphatic rings. The summed E-state index contributed by atoms with van der Waals surface area (Å²) in [6.45, 7) is 6.30. The molecule has 0 bridgehead atoms. The number of hydrogen-bond donors (Lipinski definition) is 0. The normalized spacial score (nSPS) is 22.9.